The van der Waals surface area contributed by atoms with Crippen molar-refractivity contribution in [3.63, 3.8) is 0 Å². The SMILES string of the molecule is CCC1(c2ccccc2)C(=N)N(O)c2ccccc21. The maximum Gasteiger partial charge on any atom is 0.142 e. The van der Waals surface area contributed by atoms with Crippen LogP contribution in [0.2, 0.25) is 0 Å². The van der Waals surface area contributed by atoms with Gasteiger partial charge < -0.3 is 0 Å². The van der Waals surface area contributed by atoms with E-state index in [1.54, 1.807) is 0 Å². The number of nitrogens with one attached hydrogen (secondary N) is 1. The van der Waals surface area contributed by atoms with Gasteiger partial charge >= 0.3 is 0 Å². The molecule has 3 nitrogen and oxygen atoms in total. The van der Waals surface area contributed by atoms with E-state index < -0.39 is 5.41 Å². The minimum Gasteiger partial charge on any atom is -0.285 e. The highest BCUT2D eigenvalue weighted by molar-refractivity contribution is 6.10. The fourth-order valence-corrected chi connectivity index (χ4v) is 3.02. The van der Waals surface area contributed by atoms with Crippen molar-refractivity contribution in [1.29, 1.82) is 5.41 Å². The number of fused-ring (bicyclic) bond motifs is 1. The Morgan fingerprint density at radius 2 is 1.68 bits per heavy atom. The van der Waals surface area contributed by atoms with Crippen LogP contribution in [0.4, 0.5) is 5.69 Å². The van der Waals surface area contributed by atoms with Gasteiger partial charge in [-0.2, -0.15) is 0 Å². The number of anilines is 1. The first-order chi connectivity index (χ1) is 9.21. The first-order valence-electron chi connectivity index (χ1n) is 6.45. The molecule has 3 rings (SSSR count). The zero-order valence-electron chi connectivity index (χ0n) is 10.8. The molecule has 0 bridgehead atoms. The third-order valence-electron chi connectivity index (χ3n) is 4.00. The summed E-state index contributed by atoms with van der Waals surface area (Å²) in [7, 11) is 0. The van der Waals surface area contributed by atoms with E-state index in [4.69, 9.17) is 5.41 Å². The van der Waals surface area contributed by atoms with E-state index in [1.165, 1.54) is 0 Å². The average Bonchev–Trinajstić information content (AvgIpc) is 2.70. The second kappa shape index (κ2) is 4.21. The Morgan fingerprint density at radius 1 is 1.05 bits per heavy atom. The van der Waals surface area contributed by atoms with Crippen molar-refractivity contribution in [2.24, 2.45) is 0 Å². The quantitative estimate of drug-likeness (QED) is 0.858. The molecule has 0 radical (unpaired) electrons. The van der Waals surface area contributed by atoms with Crippen LogP contribution in [0, 0.1) is 5.41 Å². The van der Waals surface area contributed by atoms with Crippen LogP contribution < -0.4 is 5.06 Å². The second-order valence-electron chi connectivity index (χ2n) is 4.80. The van der Waals surface area contributed by atoms with Crippen LogP contribution in [0.15, 0.2) is 54.6 Å². The molecule has 0 saturated carbocycles. The number of nitrogens with zero attached hydrogens (tertiary/aromatic N) is 1. The topological polar surface area (TPSA) is 47.3 Å². The Labute approximate surface area is 112 Å². The van der Waals surface area contributed by atoms with Gasteiger partial charge in [-0.1, -0.05) is 55.5 Å². The molecule has 1 aliphatic rings. The number of hydrogen-bond donors (Lipinski definition) is 2. The van der Waals surface area contributed by atoms with Gasteiger partial charge in [-0.15, -0.1) is 0 Å². The van der Waals surface area contributed by atoms with Gasteiger partial charge in [-0.3, -0.25) is 10.6 Å². The fraction of sp³-hybridized carbons (Fsp3) is 0.188. The van der Waals surface area contributed by atoms with Crippen molar-refractivity contribution in [2.75, 3.05) is 5.06 Å². The van der Waals surface area contributed by atoms with Gasteiger partial charge in [-0.25, -0.2) is 5.06 Å². The minimum absolute atomic E-state index is 0.224. The lowest BCUT2D eigenvalue weighted by Gasteiger charge is -2.29. The Kier molecular flexibility index (Phi) is 2.64. The zero-order valence-corrected chi connectivity index (χ0v) is 10.8. The van der Waals surface area contributed by atoms with E-state index in [0.29, 0.717) is 5.69 Å². The second-order valence-corrected chi connectivity index (χ2v) is 4.80. The first-order valence-corrected chi connectivity index (χ1v) is 6.45. The van der Waals surface area contributed by atoms with Crippen LogP contribution >= 0.6 is 0 Å². The predicted molar refractivity (Wildman–Crippen MR) is 75.9 cm³/mol. The number of para-hydroxylation sites is 1. The average molecular weight is 252 g/mol. The molecule has 1 unspecified atom stereocenters. The Balaban J connectivity index is 2.30. The van der Waals surface area contributed by atoms with E-state index in [0.717, 1.165) is 22.6 Å². The van der Waals surface area contributed by atoms with E-state index in [-0.39, 0.29) is 5.84 Å². The molecule has 2 N–H and O–H groups in total. The molecule has 2 aromatic rings. The van der Waals surface area contributed by atoms with Crippen molar-refractivity contribution in [2.45, 2.75) is 18.8 Å². The Morgan fingerprint density at radius 3 is 2.37 bits per heavy atom. The fourth-order valence-electron chi connectivity index (χ4n) is 3.02. The highest BCUT2D eigenvalue weighted by Gasteiger charge is 2.47. The van der Waals surface area contributed by atoms with E-state index in [2.05, 4.69) is 6.92 Å². The minimum atomic E-state index is -0.549. The van der Waals surface area contributed by atoms with Gasteiger partial charge in [0, 0.05) is 0 Å². The molecule has 1 aliphatic heterocycles. The summed E-state index contributed by atoms with van der Waals surface area (Å²) in [6.45, 7) is 2.05. The lowest BCUT2D eigenvalue weighted by molar-refractivity contribution is 0.310. The lowest BCUT2D eigenvalue weighted by Crippen LogP contribution is -2.38. The van der Waals surface area contributed by atoms with Gasteiger partial charge in [0.1, 0.15) is 5.84 Å². The monoisotopic (exact) mass is 252 g/mol. The van der Waals surface area contributed by atoms with Crippen molar-refractivity contribution < 1.29 is 5.21 Å². The molecule has 1 atom stereocenters. The summed E-state index contributed by atoms with van der Waals surface area (Å²) >= 11 is 0. The molecule has 19 heavy (non-hydrogen) atoms. The molecular weight excluding hydrogens is 236 g/mol. The highest BCUT2D eigenvalue weighted by Crippen LogP contribution is 2.47. The van der Waals surface area contributed by atoms with Gasteiger partial charge in [0.2, 0.25) is 0 Å². The van der Waals surface area contributed by atoms with Crippen molar-refractivity contribution in [1.82, 2.24) is 0 Å². The molecule has 0 saturated heterocycles. The van der Waals surface area contributed by atoms with Crippen LogP contribution in [0.3, 0.4) is 0 Å². The number of amidine groups is 1. The van der Waals surface area contributed by atoms with Crippen molar-refractivity contribution in [3.05, 3.63) is 65.7 Å². The summed E-state index contributed by atoms with van der Waals surface area (Å²) in [5.41, 5.74) is 2.20. The summed E-state index contributed by atoms with van der Waals surface area (Å²) in [5.74, 6) is 0.224. The molecule has 0 fully saturated rings. The van der Waals surface area contributed by atoms with Crippen molar-refractivity contribution >= 4 is 11.5 Å². The largest absolute Gasteiger partial charge is 0.285 e. The lowest BCUT2D eigenvalue weighted by atomic mass is 9.73. The normalized spacial score (nSPS) is 21.6. The molecule has 1 heterocycles. The number of rotatable bonds is 2. The van der Waals surface area contributed by atoms with E-state index in [1.807, 2.05) is 54.6 Å². The number of hydroxylamine groups is 1. The molecule has 3 heteroatoms. The predicted octanol–water partition coefficient (Wildman–Crippen LogP) is 3.57. The smallest absolute Gasteiger partial charge is 0.142 e. The van der Waals surface area contributed by atoms with Gasteiger partial charge in [0.05, 0.1) is 11.1 Å². The zero-order chi connectivity index (χ0) is 13.5. The summed E-state index contributed by atoms with van der Waals surface area (Å²) in [6.07, 6.45) is 0.740. The van der Waals surface area contributed by atoms with E-state index >= 15 is 0 Å². The van der Waals surface area contributed by atoms with Gasteiger partial charge in [0.15, 0.2) is 0 Å². The summed E-state index contributed by atoms with van der Waals surface area (Å²) in [6, 6.07) is 17.6. The van der Waals surface area contributed by atoms with Crippen molar-refractivity contribution in [3.8, 4) is 0 Å². The maximum absolute atomic E-state index is 10.2. The van der Waals surface area contributed by atoms with Gasteiger partial charge in [0.25, 0.3) is 0 Å². The third-order valence-corrected chi connectivity index (χ3v) is 4.00. The van der Waals surface area contributed by atoms with Crippen LogP contribution in [0.1, 0.15) is 24.5 Å². The molecule has 96 valence electrons. The summed E-state index contributed by atoms with van der Waals surface area (Å²) in [5, 5.41) is 19.6. The maximum atomic E-state index is 10.2. The Bertz CT molecular complexity index is 624. The van der Waals surface area contributed by atoms with Crippen LogP contribution in [-0.2, 0) is 5.41 Å². The Hall–Kier alpha value is -2.13. The van der Waals surface area contributed by atoms with Gasteiger partial charge in [-0.05, 0) is 23.6 Å². The molecule has 0 amide bonds. The van der Waals surface area contributed by atoms with Crippen LogP contribution in [-0.4, -0.2) is 11.0 Å². The first kappa shape index (κ1) is 11.9. The molecule has 0 spiro atoms. The molecule has 0 aliphatic carbocycles. The summed E-state index contributed by atoms with van der Waals surface area (Å²) in [4.78, 5) is 0. The number of benzene rings is 2. The summed E-state index contributed by atoms with van der Waals surface area (Å²) < 4.78 is 0. The van der Waals surface area contributed by atoms with E-state index in [9.17, 15) is 5.21 Å². The molecular formula is C16H16N2O. The number of hydrogen-bond acceptors (Lipinski definition) is 2. The highest BCUT2D eigenvalue weighted by atomic mass is 16.5. The third kappa shape index (κ3) is 1.45. The molecule has 2 aromatic carbocycles. The molecule has 0 aromatic heterocycles. The van der Waals surface area contributed by atoms with Crippen LogP contribution in [0.25, 0.3) is 0 Å². The standard InChI is InChI=1S/C16H16N2O/c1-2-16(12-8-4-3-5-9-12)13-10-6-7-11-14(13)18(19)15(16)17/h3-11,17,19H,2H2,1H3. The van der Waals surface area contributed by atoms with Crippen LogP contribution in [0.5, 0.6) is 0 Å².